The van der Waals surface area contributed by atoms with Crippen LogP contribution in [0, 0.1) is 0 Å². The number of aromatic nitrogens is 2. The van der Waals surface area contributed by atoms with Crippen molar-refractivity contribution in [3.8, 4) is 0 Å². The molecule has 1 aromatic heterocycles. The molecule has 0 bridgehead atoms. The highest BCUT2D eigenvalue weighted by molar-refractivity contribution is 7.90. The Hall–Kier alpha value is -0.950. The molecule has 0 aliphatic heterocycles. The minimum absolute atomic E-state index is 0.0551. The molecular weight excluding hydrogens is 278 g/mol. The fourth-order valence-electron chi connectivity index (χ4n) is 1.97. The zero-order valence-electron chi connectivity index (χ0n) is 12.9. The minimum atomic E-state index is -3.21. The van der Waals surface area contributed by atoms with Gasteiger partial charge in [-0.25, -0.2) is 8.42 Å². The molecule has 1 N–H and O–H groups in total. The first-order valence-corrected chi connectivity index (χ1v) is 9.02. The summed E-state index contributed by atoms with van der Waals surface area (Å²) in [6, 6.07) is 0.247. The van der Waals surface area contributed by atoms with Crippen LogP contribution in [0.2, 0.25) is 0 Å². The second-order valence-corrected chi connectivity index (χ2v) is 7.59. The summed E-state index contributed by atoms with van der Waals surface area (Å²) in [4.78, 5) is 4.26. The average Bonchev–Trinajstić information content (AvgIpc) is 2.86. The van der Waals surface area contributed by atoms with Gasteiger partial charge in [0.05, 0.1) is 5.92 Å². The van der Waals surface area contributed by atoms with E-state index in [1.54, 1.807) is 6.92 Å². The van der Waals surface area contributed by atoms with Crippen molar-refractivity contribution in [2.24, 2.45) is 0 Å². The van der Waals surface area contributed by atoms with Crippen molar-refractivity contribution in [2.45, 2.75) is 57.7 Å². The van der Waals surface area contributed by atoms with E-state index in [1.807, 2.05) is 6.92 Å². The van der Waals surface area contributed by atoms with E-state index in [4.69, 9.17) is 4.52 Å². The van der Waals surface area contributed by atoms with Crippen LogP contribution in [-0.4, -0.2) is 37.4 Å². The monoisotopic (exact) mass is 303 g/mol. The van der Waals surface area contributed by atoms with Crippen LogP contribution >= 0.6 is 0 Å². The molecule has 116 valence electrons. The SMILES string of the molecule is CCCNC(CC)C(C)c1nc(C(C)S(C)(=O)=O)no1. The van der Waals surface area contributed by atoms with Crippen LogP contribution in [0.3, 0.4) is 0 Å². The second kappa shape index (κ2) is 7.17. The topological polar surface area (TPSA) is 85.1 Å². The lowest BCUT2D eigenvalue weighted by Gasteiger charge is -2.20. The smallest absolute Gasteiger partial charge is 0.231 e. The molecule has 0 aliphatic carbocycles. The molecule has 0 fully saturated rings. The highest BCUT2D eigenvalue weighted by Gasteiger charge is 2.27. The van der Waals surface area contributed by atoms with Crippen molar-refractivity contribution in [3.63, 3.8) is 0 Å². The van der Waals surface area contributed by atoms with Crippen molar-refractivity contribution >= 4 is 9.84 Å². The summed E-state index contributed by atoms with van der Waals surface area (Å²) in [6.45, 7) is 8.73. The van der Waals surface area contributed by atoms with Gasteiger partial charge < -0.3 is 9.84 Å². The van der Waals surface area contributed by atoms with Gasteiger partial charge in [0.25, 0.3) is 0 Å². The zero-order valence-corrected chi connectivity index (χ0v) is 13.7. The van der Waals surface area contributed by atoms with Crippen LogP contribution in [0.15, 0.2) is 4.52 Å². The van der Waals surface area contributed by atoms with Gasteiger partial charge >= 0.3 is 0 Å². The second-order valence-electron chi connectivity index (χ2n) is 5.22. The van der Waals surface area contributed by atoms with E-state index in [9.17, 15) is 8.42 Å². The van der Waals surface area contributed by atoms with Gasteiger partial charge in [-0.3, -0.25) is 0 Å². The van der Waals surface area contributed by atoms with Crippen LogP contribution in [0.1, 0.15) is 63.4 Å². The Labute approximate surface area is 121 Å². The molecule has 3 atom stereocenters. The van der Waals surface area contributed by atoms with Gasteiger partial charge in [0.2, 0.25) is 5.89 Å². The summed E-state index contributed by atoms with van der Waals surface area (Å²) < 4.78 is 28.3. The first-order chi connectivity index (χ1) is 9.31. The lowest BCUT2D eigenvalue weighted by Crippen LogP contribution is -2.33. The molecule has 0 amide bonds. The van der Waals surface area contributed by atoms with E-state index in [1.165, 1.54) is 6.26 Å². The largest absolute Gasteiger partial charge is 0.339 e. The summed E-state index contributed by atoms with van der Waals surface area (Å²) in [6.07, 6.45) is 3.18. The predicted molar refractivity (Wildman–Crippen MR) is 78.3 cm³/mol. The van der Waals surface area contributed by atoms with Crippen LogP contribution in [0.5, 0.6) is 0 Å². The van der Waals surface area contributed by atoms with Crippen LogP contribution in [0.4, 0.5) is 0 Å². The third-order valence-corrected chi connectivity index (χ3v) is 5.05. The molecule has 0 aromatic carbocycles. The van der Waals surface area contributed by atoms with Gasteiger partial charge in [-0.2, -0.15) is 4.98 Å². The normalized spacial score (nSPS) is 16.9. The van der Waals surface area contributed by atoms with Crippen LogP contribution in [0.25, 0.3) is 0 Å². The lowest BCUT2D eigenvalue weighted by molar-refractivity contribution is 0.317. The summed E-state index contributed by atoms with van der Waals surface area (Å²) >= 11 is 0. The zero-order chi connectivity index (χ0) is 15.3. The quantitative estimate of drug-likeness (QED) is 0.791. The van der Waals surface area contributed by atoms with Crippen LogP contribution < -0.4 is 5.32 Å². The average molecular weight is 303 g/mol. The molecule has 0 aliphatic rings. The first kappa shape index (κ1) is 17.1. The molecule has 0 spiro atoms. The molecule has 0 radical (unpaired) electrons. The molecule has 3 unspecified atom stereocenters. The maximum Gasteiger partial charge on any atom is 0.231 e. The molecule has 0 saturated carbocycles. The third-order valence-electron chi connectivity index (χ3n) is 3.55. The summed E-state index contributed by atoms with van der Waals surface area (Å²) in [5.41, 5.74) is 0. The molecule has 1 aromatic rings. The Morgan fingerprint density at radius 1 is 1.30 bits per heavy atom. The first-order valence-electron chi connectivity index (χ1n) is 7.06. The Bertz CT molecular complexity index is 513. The maximum atomic E-state index is 11.5. The number of hydrogen-bond donors (Lipinski definition) is 1. The Balaban J connectivity index is 2.85. The summed E-state index contributed by atoms with van der Waals surface area (Å²) in [5, 5.41) is 6.51. The van der Waals surface area contributed by atoms with Gasteiger partial charge in [0.1, 0.15) is 5.25 Å². The fourth-order valence-corrected chi connectivity index (χ4v) is 2.44. The molecule has 6 nitrogen and oxygen atoms in total. The van der Waals surface area contributed by atoms with Crippen molar-refractivity contribution in [3.05, 3.63) is 11.7 Å². The lowest BCUT2D eigenvalue weighted by atomic mass is 9.99. The Morgan fingerprint density at radius 3 is 2.45 bits per heavy atom. The van der Waals surface area contributed by atoms with Crippen LogP contribution in [-0.2, 0) is 9.84 Å². The molecule has 7 heteroatoms. The van der Waals surface area contributed by atoms with Gasteiger partial charge in [-0.1, -0.05) is 25.9 Å². The van der Waals surface area contributed by atoms with E-state index < -0.39 is 15.1 Å². The standard InChI is InChI=1S/C13H25N3O3S/c1-6-8-14-11(7-2)9(3)13-15-12(16-19-13)10(4)20(5,17)18/h9-11,14H,6-8H2,1-5H3. The number of nitrogens with one attached hydrogen (secondary N) is 1. The summed E-state index contributed by atoms with van der Waals surface area (Å²) in [7, 11) is -3.21. The maximum absolute atomic E-state index is 11.5. The van der Waals surface area contributed by atoms with E-state index in [2.05, 4.69) is 29.3 Å². The van der Waals surface area contributed by atoms with E-state index in [0.29, 0.717) is 5.89 Å². The third kappa shape index (κ3) is 4.28. The highest BCUT2D eigenvalue weighted by atomic mass is 32.2. The molecular formula is C13H25N3O3S. The van der Waals surface area contributed by atoms with E-state index in [-0.39, 0.29) is 17.8 Å². The number of hydrogen-bond acceptors (Lipinski definition) is 6. The molecule has 0 saturated heterocycles. The van der Waals surface area contributed by atoms with E-state index in [0.717, 1.165) is 19.4 Å². The van der Waals surface area contributed by atoms with Gasteiger partial charge in [0.15, 0.2) is 15.7 Å². The number of nitrogens with zero attached hydrogens (tertiary/aromatic N) is 2. The Kier molecular flexibility index (Phi) is 6.13. The van der Waals surface area contributed by atoms with Gasteiger partial charge in [-0.05, 0) is 26.3 Å². The summed E-state index contributed by atoms with van der Waals surface area (Å²) in [5.74, 6) is 0.783. The number of rotatable bonds is 8. The van der Waals surface area contributed by atoms with Crippen molar-refractivity contribution < 1.29 is 12.9 Å². The van der Waals surface area contributed by atoms with Gasteiger partial charge in [-0.15, -0.1) is 0 Å². The van der Waals surface area contributed by atoms with Crippen molar-refractivity contribution in [2.75, 3.05) is 12.8 Å². The minimum Gasteiger partial charge on any atom is -0.339 e. The van der Waals surface area contributed by atoms with Crippen molar-refractivity contribution in [1.82, 2.24) is 15.5 Å². The predicted octanol–water partition coefficient (Wildman–Crippen LogP) is 2.06. The van der Waals surface area contributed by atoms with Crippen molar-refractivity contribution in [1.29, 1.82) is 0 Å². The molecule has 20 heavy (non-hydrogen) atoms. The van der Waals surface area contributed by atoms with E-state index >= 15 is 0 Å². The molecule has 1 rings (SSSR count). The number of sulfone groups is 1. The van der Waals surface area contributed by atoms with Gasteiger partial charge in [0, 0.05) is 12.3 Å². The fraction of sp³-hybridized carbons (Fsp3) is 0.846. The highest BCUT2D eigenvalue weighted by Crippen LogP contribution is 2.23. The Morgan fingerprint density at radius 2 is 1.95 bits per heavy atom. The molecule has 1 heterocycles.